The van der Waals surface area contributed by atoms with Crippen LogP contribution in [0.25, 0.3) is 5.82 Å². The Balaban J connectivity index is 2.07. The number of pyridine rings is 1. The van der Waals surface area contributed by atoms with Crippen molar-refractivity contribution in [3.63, 3.8) is 0 Å². The number of benzene rings is 1. The smallest absolute Gasteiger partial charge is 0.130 e. The van der Waals surface area contributed by atoms with E-state index in [1.54, 1.807) is 10.6 Å². The fraction of sp³-hybridized carbons (Fsp3) is 0.188. The third-order valence-electron chi connectivity index (χ3n) is 3.00. The van der Waals surface area contributed by atoms with Crippen LogP contribution in [0.5, 0.6) is 0 Å². The van der Waals surface area contributed by atoms with Crippen LogP contribution in [-0.2, 0) is 6.54 Å². The first kappa shape index (κ1) is 13.1. The second kappa shape index (κ2) is 5.57. The number of aryl methyl sites for hydroxylation is 2. The van der Waals surface area contributed by atoms with Crippen LogP contribution in [0.15, 0.2) is 49.2 Å². The summed E-state index contributed by atoms with van der Waals surface area (Å²) in [5.41, 5.74) is 3.98. The molecule has 98 valence electrons. The first-order chi connectivity index (χ1) is 9.06. The van der Waals surface area contributed by atoms with Crippen molar-refractivity contribution >= 4 is 5.82 Å². The van der Waals surface area contributed by atoms with Crippen molar-refractivity contribution in [1.29, 1.82) is 5.41 Å². The molecule has 0 radical (unpaired) electrons. The summed E-state index contributed by atoms with van der Waals surface area (Å²) >= 11 is 0. The van der Waals surface area contributed by atoms with Crippen molar-refractivity contribution in [1.82, 2.24) is 9.88 Å². The molecule has 0 fully saturated rings. The Morgan fingerprint density at radius 2 is 1.74 bits per heavy atom. The van der Waals surface area contributed by atoms with Crippen molar-refractivity contribution < 1.29 is 0 Å². The minimum atomic E-state index is 0.423. The molecule has 0 saturated heterocycles. The Kier molecular flexibility index (Phi) is 3.85. The van der Waals surface area contributed by atoms with Crippen LogP contribution in [-0.4, -0.2) is 4.57 Å². The van der Waals surface area contributed by atoms with Gasteiger partial charge < -0.3 is 5.32 Å². The molecule has 0 atom stereocenters. The van der Waals surface area contributed by atoms with E-state index < -0.39 is 0 Å². The lowest BCUT2D eigenvalue weighted by Crippen LogP contribution is -2.25. The monoisotopic (exact) mass is 253 g/mol. The quantitative estimate of drug-likeness (QED) is 0.864. The number of hydrogen-bond donors (Lipinski definition) is 2. The number of rotatable bonds is 4. The molecule has 1 aromatic carbocycles. The van der Waals surface area contributed by atoms with E-state index in [1.165, 1.54) is 11.1 Å². The SMILES string of the molecule is C=C(NCc1ccc(C)cc1)n1cc(C)ccc1=N. The molecular weight excluding hydrogens is 234 g/mol. The Morgan fingerprint density at radius 3 is 2.42 bits per heavy atom. The molecule has 0 unspecified atom stereocenters. The molecule has 2 rings (SSSR count). The van der Waals surface area contributed by atoms with Gasteiger partial charge in [-0.1, -0.05) is 42.5 Å². The van der Waals surface area contributed by atoms with Crippen LogP contribution in [0.4, 0.5) is 0 Å². The Labute approximate surface area is 113 Å². The van der Waals surface area contributed by atoms with Gasteiger partial charge >= 0.3 is 0 Å². The third-order valence-corrected chi connectivity index (χ3v) is 3.00. The predicted octanol–water partition coefficient (Wildman–Crippen LogP) is 2.80. The zero-order valence-electron chi connectivity index (χ0n) is 11.4. The average molecular weight is 253 g/mol. The van der Waals surface area contributed by atoms with Crippen molar-refractivity contribution in [2.45, 2.75) is 20.4 Å². The molecule has 3 heteroatoms. The van der Waals surface area contributed by atoms with Crippen LogP contribution in [0.3, 0.4) is 0 Å². The summed E-state index contributed by atoms with van der Waals surface area (Å²) in [5.74, 6) is 0.717. The van der Waals surface area contributed by atoms with Gasteiger partial charge in [0.15, 0.2) is 0 Å². The molecule has 0 aliphatic rings. The first-order valence-electron chi connectivity index (χ1n) is 6.29. The van der Waals surface area contributed by atoms with Gasteiger partial charge in [-0.3, -0.25) is 9.98 Å². The van der Waals surface area contributed by atoms with Crippen LogP contribution < -0.4 is 10.8 Å². The first-order valence-corrected chi connectivity index (χ1v) is 6.29. The molecule has 2 aromatic rings. The van der Waals surface area contributed by atoms with Gasteiger partial charge in [0, 0.05) is 12.7 Å². The summed E-state index contributed by atoms with van der Waals surface area (Å²) in [6.45, 7) is 8.78. The molecule has 0 aliphatic carbocycles. The minimum Gasteiger partial charge on any atom is -0.368 e. The minimum absolute atomic E-state index is 0.423. The second-order valence-electron chi connectivity index (χ2n) is 4.75. The van der Waals surface area contributed by atoms with Crippen LogP contribution in [0, 0.1) is 19.3 Å². The van der Waals surface area contributed by atoms with E-state index in [4.69, 9.17) is 5.41 Å². The van der Waals surface area contributed by atoms with Crippen molar-refractivity contribution in [3.8, 4) is 0 Å². The van der Waals surface area contributed by atoms with Crippen molar-refractivity contribution in [2.24, 2.45) is 0 Å². The van der Waals surface area contributed by atoms with Gasteiger partial charge in [-0.15, -0.1) is 0 Å². The fourth-order valence-corrected chi connectivity index (χ4v) is 1.83. The van der Waals surface area contributed by atoms with Gasteiger partial charge in [0.25, 0.3) is 0 Å². The van der Waals surface area contributed by atoms with Crippen LogP contribution in [0.2, 0.25) is 0 Å². The van der Waals surface area contributed by atoms with E-state index in [-0.39, 0.29) is 0 Å². The zero-order chi connectivity index (χ0) is 13.8. The maximum Gasteiger partial charge on any atom is 0.130 e. The van der Waals surface area contributed by atoms with E-state index in [2.05, 4.69) is 43.1 Å². The highest BCUT2D eigenvalue weighted by Gasteiger charge is 1.99. The zero-order valence-corrected chi connectivity index (χ0v) is 11.4. The topological polar surface area (TPSA) is 40.8 Å². The highest BCUT2D eigenvalue weighted by Crippen LogP contribution is 2.04. The maximum atomic E-state index is 7.87. The van der Waals surface area contributed by atoms with Crippen molar-refractivity contribution in [2.75, 3.05) is 0 Å². The number of nitrogens with zero attached hydrogens (tertiary/aromatic N) is 1. The summed E-state index contributed by atoms with van der Waals surface area (Å²) in [6, 6.07) is 12.1. The van der Waals surface area contributed by atoms with E-state index in [9.17, 15) is 0 Å². The molecule has 2 N–H and O–H groups in total. The standard InChI is InChI=1S/C16H19N3/c1-12-4-7-15(8-5-12)10-18-14(3)19-11-13(2)6-9-16(19)17/h4-9,11,17-18H,3,10H2,1-2H3. The highest BCUT2D eigenvalue weighted by molar-refractivity contribution is 5.39. The van der Waals surface area contributed by atoms with Gasteiger partial charge in [-0.25, -0.2) is 0 Å². The molecular formula is C16H19N3. The maximum absolute atomic E-state index is 7.87. The summed E-state index contributed by atoms with van der Waals surface area (Å²) in [4.78, 5) is 0. The molecule has 0 saturated carbocycles. The normalized spacial score (nSPS) is 10.2. The van der Waals surface area contributed by atoms with E-state index in [1.807, 2.05) is 19.2 Å². The summed E-state index contributed by atoms with van der Waals surface area (Å²) in [7, 11) is 0. The van der Waals surface area contributed by atoms with E-state index in [0.29, 0.717) is 17.9 Å². The molecule has 1 heterocycles. The molecule has 0 bridgehead atoms. The van der Waals surface area contributed by atoms with Crippen LogP contribution in [0.1, 0.15) is 16.7 Å². The van der Waals surface area contributed by atoms with Crippen LogP contribution >= 0.6 is 0 Å². The lowest BCUT2D eigenvalue weighted by atomic mass is 10.1. The largest absolute Gasteiger partial charge is 0.368 e. The molecule has 0 aliphatic heterocycles. The molecule has 19 heavy (non-hydrogen) atoms. The van der Waals surface area contributed by atoms with Gasteiger partial charge in [0.05, 0.1) is 0 Å². The highest BCUT2D eigenvalue weighted by atomic mass is 15.1. The van der Waals surface area contributed by atoms with E-state index in [0.717, 1.165) is 5.56 Å². The van der Waals surface area contributed by atoms with E-state index >= 15 is 0 Å². The molecule has 3 nitrogen and oxygen atoms in total. The fourth-order valence-electron chi connectivity index (χ4n) is 1.83. The summed E-state index contributed by atoms with van der Waals surface area (Å²) in [6.07, 6.45) is 1.91. The number of aromatic nitrogens is 1. The Morgan fingerprint density at radius 1 is 1.11 bits per heavy atom. The lowest BCUT2D eigenvalue weighted by Gasteiger charge is -2.13. The number of nitrogens with one attached hydrogen (secondary N) is 2. The van der Waals surface area contributed by atoms with Gasteiger partial charge in [0.1, 0.15) is 11.3 Å². The van der Waals surface area contributed by atoms with Gasteiger partial charge in [-0.2, -0.15) is 0 Å². The lowest BCUT2D eigenvalue weighted by molar-refractivity contribution is 0.795. The molecule has 0 spiro atoms. The molecule has 0 amide bonds. The molecule has 1 aromatic heterocycles. The number of hydrogen-bond acceptors (Lipinski definition) is 2. The predicted molar refractivity (Wildman–Crippen MR) is 78.4 cm³/mol. The Hall–Kier alpha value is -2.29. The van der Waals surface area contributed by atoms with Gasteiger partial charge in [0.2, 0.25) is 0 Å². The third kappa shape index (κ3) is 3.35. The second-order valence-corrected chi connectivity index (χ2v) is 4.75. The summed E-state index contributed by atoms with van der Waals surface area (Å²) < 4.78 is 1.75. The summed E-state index contributed by atoms with van der Waals surface area (Å²) in [5, 5.41) is 11.1. The Bertz CT molecular complexity index is 636. The van der Waals surface area contributed by atoms with Crippen molar-refractivity contribution in [3.05, 3.63) is 71.4 Å². The average Bonchev–Trinajstić information content (AvgIpc) is 2.40. The van der Waals surface area contributed by atoms with Gasteiger partial charge in [-0.05, 0) is 31.0 Å².